The van der Waals surface area contributed by atoms with E-state index >= 15 is 0 Å². The smallest absolute Gasteiger partial charge is 0.298 e. The summed E-state index contributed by atoms with van der Waals surface area (Å²) in [5, 5.41) is 0. The van der Waals surface area contributed by atoms with Gasteiger partial charge in [-0.25, -0.2) is 0 Å². The minimum Gasteiger partial charge on any atom is -0.337 e. The molecule has 7 heavy (non-hydrogen) atoms. The summed E-state index contributed by atoms with van der Waals surface area (Å²) in [5.74, 6) is 1.87. The lowest BCUT2D eigenvalue weighted by molar-refractivity contribution is 0.965. The van der Waals surface area contributed by atoms with Crippen molar-refractivity contribution >= 4 is 19.2 Å². The third kappa shape index (κ3) is 1.28. The van der Waals surface area contributed by atoms with Crippen molar-refractivity contribution in [3.05, 3.63) is 24.3 Å². The lowest BCUT2D eigenvalue weighted by Crippen LogP contribution is -2.08. The van der Waals surface area contributed by atoms with Crippen molar-refractivity contribution in [1.82, 2.24) is 4.33 Å². The van der Waals surface area contributed by atoms with Gasteiger partial charge in [0, 0.05) is 6.20 Å². The quantitative estimate of drug-likeness (QED) is 0.335. The predicted octanol–water partition coefficient (Wildman–Crippen LogP) is 1.10. The number of hydrogen-bond donors (Lipinski definition) is 0. The molecular formula is C4H4BClN. The number of halogens is 1. The molecule has 0 saturated carbocycles. The average molecular weight is 112 g/mol. The summed E-state index contributed by atoms with van der Waals surface area (Å²) in [7, 11) is 1.77. The topological polar surface area (TPSA) is 3.24 Å². The number of nitrogens with zero attached hydrogens (tertiary/aromatic N) is 1. The van der Waals surface area contributed by atoms with Crippen LogP contribution in [0.5, 0.6) is 0 Å². The van der Waals surface area contributed by atoms with Crippen LogP contribution in [0.25, 0.3) is 0 Å². The third-order valence-corrected chi connectivity index (χ3v) is 0.905. The van der Waals surface area contributed by atoms with E-state index in [1.807, 2.05) is 18.1 Å². The Hall–Kier alpha value is -0.365. The standard InChI is InChI=1S/C4H4BClN/c6-7-4-2-1-3-5-7/h1-4H. The van der Waals surface area contributed by atoms with Crippen LogP contribution in [0.1, 0.15) is 0 Å². The highest BCUT2D eigenvalue weighted by Crippen LogP contribution is 1.97. The Morgan fingerprint density at radius 1 is 1.43 bits per heavy atom. The molecule has 0 fully saturated rings. The molecule has 0 aromatic heterocycles. The maximum Gasteiger partial charge on any atom is 0.298 e. The van der Waals surface area contributed by atoms with E-state index in [1.165, 1.54) is 4.33 Å². The third-order valence-electron chi connectivity index (χ3n) is 0.679. The fraction of sp³-hybridized carbons (Fsp3) is 0. The van der Waals surface area contributed by atoms with Gasteiger partial charge in [-0.1, -0.05) is 12.1 Å². The first-order chi connectivity index (χ1) is 3.39. The molecule has 1 heterocycles. The largest absolute Gasteiger partial charge is 0.337 e. The molecule has 0 spiro atoms. The summed E-state index contributed by atoms with van der Waals surface area (Å²) in [6.07, 6.45) is 5.55. The van der Waals surface area contributed by atoms with Crippen LogP contribution in [-0.2, 0) is 0 Å². The van der Waals surface area contributed by atoms with Crippen LogP contribution in [0, 0.1) is 0 Å². The molecule has 0 unspecified atom stereocenters. The van der Waals surface area contributed by atoms with E-state index in [9.17, 15) is 0 Å². The van der Waals surface area contributed by atoms with Crippen LogP contribution in [-0.4, -0.2) is 11.7 Å². The first-order valence-electron chi connectivity index (χ1n) is 2.02. The van der Waals surface area contributed by atoms with Crippen molar-refractivity contribution in [1.29, 1.82) is 0 Å². The van der Waals surface area contributed by atoms with E-state index in [2.05, 4.69) is 0 Å². The Balaban J connectivity index is 2.49. The van der Waals surface area contributed by atoms with E-state index in [0.717, 1.165) is 0 Å². The average Bonchev–Trinajstić information content (AvgIpc) is 1.69. The van der Waals surface area contributed by atoms with Gasteiger partial charge in [0.2, 0.25) is 0 Å². The van der Waals surface area contributed by atoms with E-state index in [-0.39, 0.29) is 0 Å². The molecular weight excluding hydrogens is 108 g/mol. The molecule has 0 aliphatic carbocycles. The minimum atomic E-state index is 1.47. The Kier molecular flexibility index (Phi) is 1.42. The van der Waals surface area contributed by atoms with Crippen LogP contribution in [0.2, 0.25) is 0 Å². The predicted molar refractivity (Wildman–Crippen MR) is 31.7 cm³/mol. The number of allylic oxidation sites excluding steroid dienone is 2. The lowest BCUT2D eigenvalue weighted by atomic mass is 9.93. The van der Waals surface area contributed by atoms with Crippen molar-refractivity contribution in [2.24, 2.45) is 0 Å². The summed E-state index contributed by atoms with van der Waals surface area (Å²) in [5.41, 5.74) is 0. The van der Waals surface area contributed by atoms with Gasteiger partial charge in [-0.15, -0.1) is 0 Å². The van der Waals surface area contributed by atoms with Crippen LogP contribution in [0.4, 0.5) is 0 Å². The molecule has 1 rings (SSSR count). The van der Waals surface area contributed by atoms with Crippen molar-refractivity contribution in [3.8, 4) is 0 Å². The summed E-state index contributed by atoms with van der Waals surface area (Å²) >= 11 is 5.46. The van der Waals surface area contributed by atoms with Crippen molar-refractivity contribution < 1.29 is 0 Å². The Labute approximate surface area is 48.6 Å². The second-order valence-electron chi connectivity index (χ2n) is 1.22. The highest BCUT2D eigenvalue weighted by atomic mass is 35.5. The van der Waals surface area contributed by atoms with Gasteiger partial charge in [-0.2, -0.15) is 0 Å². The molecule has 1 radical (unpaired) electrons. The van der Waals surface area contributed by atoms with Gasteiger partial charge in [0.1, 0.15) is 0 Å². The second-order valence-corrected chi connectivity index (χ2v) is 1.61. The van der Waals surface area contributed by atoms with E-state index in [1.54, 1.807) is 13.6 Å². The van der Waals surface area contributed by atoms with Gasteiger partial charge in [0.05, 0.1) is 0 Å². The summed E-state index contributed by atoms with van der Waals surface area (Å²) in [6, 6.07) is 0. The van der Waals surface area contributed by atoms with Crippen molar-refractivity contribution in [2.75, 3.05) is 0 Å². The van der Waals surface area contributed by atoms with E-state index in [0.29, 0.717) is 0 Å². The normalized spacial score (nSPS) is 17.0. The van der Waals surface area contributed by atoms with Crippen molar-refractivity contribution in [2.45, 2.75) is 0 Å². The Morgan fingerprint density at radius 3 is 2.57 bits per heavy atom. The van der Waals surface area contributed by atoms with Crippen LogP contribution in [0.15, 0.2) is 24.3 Å². The fourth-order valence-corrected chi connectivity index (χ4v) is 0.508. The Bertz CT molecular complexity index is 110. The molecule has 1 aliphatic heterocycles. The molecule has 0 bridgehead atoms. The zero-order chi connectivity index (χ0) is 5.11. The molecule has 35 valence electrons. The maximum atomic E-state index is 5.46. The maximum absolute atomic E-state index is 5.46. The lowest BCUT2D eigenvalue weighted by Gasteiger charge is -2.06. The molecule has 0 saturated heterocycles. The van der Waals surface area contributed by atoms with Gasteiger partial charge < -0.3 is 4.33 Å². The zero-order valence-corrected chi connectivity index (χ0v) is 4.47. The van der Waals surface area contributed by atoms with E-state index in [4.69, 9.17) is 11.8 Å². The van der Waals surface area contributed by atoms with Gasteiger partial charge in [-0.05, 0) is 17.9 Å². The Morgan fingerprint density at radius 2 is 2.29 bits per heavy atom. The summed E-state index contributed by atoms with van der Waals surface area (Å²) in [6.45, 7) is 0. The van der Waals surface area contributed by atoms with Crippen LogP contribution >= 0.6 is 11.8 Å². The second kappa shape index (κ2) is 2.08. The first kappa shape index (κ1) is 4.79. The fourth-order valence-electron chi connectivity index (χ4n) is 0.378. The molecule has 1 nitrogen and oxygen atoms in total. The molecule has 3 heteroatoms. The van der Waals surface area contributed by atoms with Crippen LogP contribution in [0.3, 0.4) is 0 Å². The van der Waals surface area contributed by atoms with Crippen molar-refractivity contribution in [3.63, 3.8) is 0 Å². The highest BCUT2D eigenvalue weighted by Gasteiger charge is 1.93. The molecule has 0 atom stereocenters. The SMILES string of the molecule is ClN1[B]C=CC=C1. The van der Waals surface area contributed by atoms with Gasteiger partial charge in [-0.3, -0.25) is 0 Å². The first-order valence-corrected chi connectivity index (χ1v) is 2.36. The van der Waals surface area contributed by atoms with E-state index < -0.39 is 0 Å². The van der Waals surface area contributed by atoms with Crippen LogP contribution < -0.4 is 0 Å². The zero-order valence-electron chi connectivity index (χ0n) is 3.71. The number of rotatable bonds is 0. The molecule has 0 N–H and O–H groups in total. The summed E-state index contributed by atoms with van der Waals surface area (Å²) in [4.78, 5) is 0. The molecule has 1 aliphatic rings. The highest BCUT2D eigenvalue weighted by molar-refractivity contribution is 6.49. The number of hydrogen-bond acceptors (Lipinski definition) is 1. The monoisotopic (exact) mass is 112 g/mol. The van der Waals surface area contributed by atoms with Gasteiger partial charge in [0.25, 0.3) is 7.41 Å². The molecule has 0 aromatic rings. The summed E-state index contributed by atoms with van der Waals surface area (Å²) < 4.78 is 1.47. The van der Waals surface area contributed by atoms with Gasteiger partial charge >= 0.3 is 0 Å². The van der Waals surface area contributed by atoms with Gasteiger partial charge in [0.15, 0.2) is 0 Å². The minimum absolute atomic E-state index is 1.47. The molecule has 0 aromatic carbocycles. The molecule has 0 amide bonds.